The Labute approximate surface area is 132 Å². The minimum absolute atomic E-state index is 0.153. The fourth-order valence-corrected chi connectivity index (χ4v) is 3.44. The molecular formula is C15H17FN4O3. The summed E-state index contributed by atoms with van der Waals surface area (Å²) in [6.45, 7) is 2.07. The van der Waals surface area contributed by atoms with Crippen molar-refractivity contribution < 1.29 is 18.7 Å². The SMILES string of the molecule is O=C(C1=COCCO1)N1CC2CCC2(Nc2ncc(F)cn2)C1. The van der Waals surface area contributed by atoms with Gasteiger partial charge in [-0.15, -0.1) is 0 Å². The molecule has 2 atom stereocenters. The second kappa shape index (κ2) is 5.36. The second-order valence-electron chi connectivity index (χ2n) is 6.13. The summed E-state index contributed by atoms with van der Waals surface area (Å²) in [4.78, 5) is 22.2. The molecule has 2 aliphatic heterocycles. The maximum Gasteiger partial charge on any atom is 0.292 e. The molecule has 1 aliphatic carbocycles. The van der Waals surface area contributed by atoms with E-state index in [9.17, 15) is 9.18 Å². The van der Waals surface area contributed by atoms with Gasteiger partial charge in [0.05, 0.1) is 17.9 Å². The Hall–Kier alpha value is -2.38. The van der Waals surface area contributed by atoms with E-state index in [1.54, 1.807) is 4.90 Å². The second-order valence-corrected chi connectivity index (χ2v) is 6.13. The number of rotatable bonds is 3. The number of likely N-dealkylation sites (tertiary alicyclic amines) is 1. The molecule has 1 aromatic rings. The topological polar surface area (TPSA) is 76.6 Å². The fraction of sp³-hybridized carbons (Fsp3) is 0.533. The Balaban J connectivity index is 1.47. The van der Waals surface area contributed by atoms with Crippen molar-refractivity contribution in [3.8, 4) is 0 Å². The standard InChI is InChI=1S/C15H17FN4O3/c16-11-5-17-14(18-6-11)19-15-2-1-10(15)7-20(9-15)13(21)12-8-22-3-4-23-12/h5-6,8,10H,1-4,7,9H2,(H,17,18,19). The van der Waals surface area contributed by atoms with Crippen molar-refractivity contribution >= 4 is 11.9 Å². The van der Waals surface area contributed by atoms with Crippen LogP contribution in [-0.4, -0.2) is 52.6 Å². The van der Waals surface area contributed by atoms with Gasteiger partial charge in [-0.2, -0.15) is 0 Å². The van der Waals surface area contributed by atoms with Gasteiger partial charge in [-0.1, -0.05) is 0 Å². The number of ether oxygens (including phenoxy) is 2. The van der Waals surface area contributed by atoms with Gasteiger partial charge in [0.2, 0.25) is 11.7 Å². The van der Waals surface area contributed by atoms with Crippen LogP contribution in [0.4, 0.5) is 10.3 Å². The van der Waals surface area contributed by atoms with E-state index in [0.717, 1.165) is 25.2 Å². The van der Waals surface area contributed by atoms with Crippen molar-refractivity contribution in [2.45, 2.75) is 18.4 Å². The molecule has 2 fully saturated rings. The summed E-state index contributed by atoms with van der Waals surface area (Å²) in [5.41, 5.74) is -0.233. The van der Waals surface area contributed by atoms with Crippen LogP contribution in [0.15, 0.2) is 24.4 Å². The highest BCUT2D eigenvalue weighted by Gasteiger charge is 2.55. The largest absolute Gasteiger partial charge is 0.494 e. The van der Waals surface area contributed by atoms with Gasteiger partial charge in [0.25, 0.3) is 5.91 Å². The van der Waals surface area contributed by atoms with Crippen LogP contribution in [0.2, 0.25) is 0 Å². The molecule has 3 aliphatic rings. The average molecular weight is 320 g/mol. The highest BCUT2D eigenvalue weighted by Crippen LogP contribution is 2.46. The summed E-state index contributed by atoms with van der Waals surface area (Å²) in [5.74, 6) is 0.362. The number of anilines is 1. The highest BCUT2D eigenvalue weighted by molar-refractivity contribution is 5.91. The Morgan fingerprint density at radius 2 is 2.22 bits per heavy atom. The first-order valence-electron chi connectivity index (χ1n) is 7.66. The van der Waals surface area contributed by atoms with Crippen molar-refractivity contribution in [2.24, 2.45) is 5.92 Å². The predicted octanol–water partition coefficient (Wildman–Crippen LogP) is 0.907. The molecule has 3 heterocycles. The molecule has 23 heavy (non-hydrogen) atoms. The van der Waals surface area contributed by atoms with E-state index in [1.807, 2.05) is 0 Å². The van der Waals surface area contributed by atoms with Crippen molar-refractivity contribution in [1.29, 1.82) is 0 Å². The van der Waals surface area contributed by atoms with Gasteiger partial charge in [0.15, 0.2) is 5.82 Å². The molecule has 1 amide bonds. The van der Waals surface area contributed by atoms with Gasteiger partial charge in [-0.25, -0.2) is 14.4 Å². The highest BCUT2D eigenvalue weighted by atomic mass is 19.1. The van der Waals surface area contributed by atoms with Crippen LogP contribution in [0.3, 0.4) is 0 Å². The fourth-order valence-electron chi connectivity index (χ4n) is 3.44. The zero-order chi connectivity index (χ0) is 15.9. The molecule has 1 saturated heterocycles. The van der Waals surface area contributed by atoms with E-state index < -0.39 is 5.82 Å². The van der Waals surface area contributed by atoms with E-state index in [-0.39, 0.29) is 17.2 Å². The monoisotopic (exact) mass is 320 g/mol. The number of aromatic nitrogens is 2. The number of hydrogen-bond acceptors (Lipinski definition) is 6. The first-order valence-corrected chi connectivity index (χ1v) is 7.66. The average Bonchev–Trinajstić information content (AvgIpc) is 2.82. The van der Waals surface area contributed by atoms with Gasteiger partial charge < -0.3 is 19.7 Å². The zero-order valence-electron chi connectivity index (χ0n) is 12.5. The summed E-state index contributed by atoms with van der Waals surface area (Å²) in [6.07, 6.45) is 5.62. The molecule has 122 valence electrons. The minimum atomic E-state index is -0.470. The number of halogens is 1. The van der Waals surface area contributed by atoms with E-state index in [2.05, 4.69) is 15.3 Å². The number of carbonyl (C=O) groups excluding carboxylic acids is 1. The third-order valence-corrected chi connectivity index (χ3v) is 4.76. The lowest BCUT2D eigenvalue weighted by atomic mass is 9.69. The summed E-state index contributed by atoms with van der Waals surface area (Å²) < 4.78 is 23.4. The van der Waals surface area contributed by atoms with E-state index in [1.165, 1.54) is 6.26 Å². The maximum absolute atomic E-state index is 12.9. The molecule has 0 radical (unpaired) electrons. The number of nitrogens with one attached hydrogen (secondary N) is 1. The molecule has 0 aromatic carbocycles. The lowest BCUT2D eigenvalue weighted by Gasteiger charge is -2.44. The summed E-state index contributed by atoms with van der Waals surface area (Å²) in [7, 11) is 0. The summed E-state index contributed by atoms with van der Waals surface area (Å²) in [6, 6.07) is 0. The molecular weight excluding hydrogens is 303 g/mol. The van der Waals surface area contributed by atoms with Crippen LogP contribution in [0, 0.1) is 11.7 Å². The third-order valence-electron chi connectivity index (χ3n) is 4.76. The van der Waals surface area contributed by atoms with E-state index >= 15 is 0 Å². The molecule has 0 bridgehead atoms. The van der Waals surface area contributed by atoms with Crippen LogP contribution in [0.1, 0.15) is 12.8 Å². The smallest absolute Gasteiger partial charge is 0.292 e. The number of fused-ring (bicyclic) bond motifs is 1. The maximum atomic E-state index is 12.9. The number of hydrogen-bond donors (Lipinski definition) is 1. The Kier molecular flexibility index (Phi) is 3.32. The molecule has 1 saturated carbocycles. The van der Waals surface area contributed by atoms with Crippen molar-refractivity contribution in [2.75, 3.05) is 31.6 Å². The molecule has 7 nitrogen and oxygen atoms in total. The van der Waals surface area contributed by atoms with Crippen molar-refractivity contribution in [3.63, 3.8) is 0 Å². The number of amides is 1. The first-order chi connectivity index (χ1) is 11.2. The molecule has 2 unspecified atom stereocenters. The van der Waals surface area contributed by atoms with Crippen LogP contribution < -0.4 is 5.32 Å². The third kappa shape index (κ3) is 2.47. The van der Waals surface area contributed by atoms with E-state index in [0.29, 0.717) is 38.2 Å². The van der Waals surface area contributed by atoms with Crippen LogP contribution in [0.5, 0.6) is 0 Å². The summed E-state index contributed by atoms with van der Waals surface area (Å²) in [5, 5.41) is 3.29. The van der Waals surface area contributed by atoms with Gasteiger partial charge in [0.1, 0.15) is 19.5 Å². The van der Waals surface area contributed by atoms with Crippen molar-refractivity contribution in [1.82, 2.24) is 14.9 Å². The molecule has 1 aromatic heterocycles. The quantitative estimate of drug-likeness (QED) is 0.892. The lowest BCUT2D eigenvalue weighted by Crippen LogP contribution is -2.53. The zero-order valence-corrected chi connectivity index (χ0v) is 12.5. The van der Waals surface area contributed by atoms with Gasteiger partial charge in [-0.3, -0.25) is 4.79 Å². The number of nitrogens with zero attached hydrogens (tertiary/aromatic N) is 3. The van der Waals surface area contributed by atoms with Gasteiger partial charge >= 0.3 is 0 Å². The molecule has 0 spiro atoms. The van der Waals surface area contributed by atoms with Crippen LogP contribution >= 0.6 is 0 Å². The Bertz CT molecular complexity index is 651. The summed E-state index contributed by atoms with van der Waals surface area (Å²) >= 11 is 0. The molecule has 1 N–H and O–H groups in total. The van der Waals surface area contributed by atoms with E-state index in [4.69, 9.17) is 9.47 Å². The first kappa shape index (κ1) is 14.2. The normalized spacial score (nSPS) is 28.8. The Morgan fingerprint density at radius 1 is 1.39 bits per heavy atom. The molecule has 8 heteroatoms. The Morgan fingerprint density at radius 3 is 2.87 bits per heavy atom. The van der Waals surface area contributed by atoms with Crippen LogP contribution in [0.25, 0.3) is 0 Å². The molecule has 4 rings (SSSR count). The predicted molar refractivity (Wildman–Crippen MR) is 77.6 cm³/mol. The lowest BCUT2D eigenvalue weighted by molar-refractivity contribution is -0.131. The number of carbonyl (C=O) groups is 1. The minimum Gasteiger partial charge on any atom is -0.494 e. The van der Waals surface area contributed by atoms with Gasteiger partial charge in [0, 0.05) is 19.0 Å². The van der Waals surface area contributed by atoms with Crippen LogP contribution in [-0.2, 0) is 14.3 Å². The van der Waals surface area contributed by atoms with Gasteiger partial charge in [-0.05, 0) is 12.8 Å². The van der Waals surface area contributed by atoms with Crippen molar-refractivity contribution in [3.05, 3.63) is 30.2 Å².